The third-order valence-corrected chi connectivity index (χ3v) is 11.2. The van der Waals surface area contributed by atoms with E-state index in [9.17, 15) is 27.4 Å². The molecule has 0 atom stereocenters. The number of anilines is 1. The van der Waals surface area contributed by atoms with Crippen LogP contribution >= 0.6 is 0 Å². The van der Waals surface area contributed by atoms with Gasteiger partial charge in [-0.25, -0.2) is 14.4 Å². The average Bonchev–Trinajstić information content (AvgIpc) is 3.67. The number of unbranched alkanes of at least 4 members (excludes halogenated alkanes) is 2. The summed E-state index contributed by atoms with van der Waals surface area (Å²) in [5.74, 6) is -0.397. The summed E-state index contributed by atoms with van der Waals surface area (Å²) in [6.45, 7) is 11.5. The fraction of sp³-hybridized carbons (Fsp3) is 0.450. The summed E-state index contributed by atoms with van der Waals surface area (Å²) in [4.78, 5) is 54.4. The number of nitrogens with one attached hydrogen (secondary N) is 1. The molecule has 1 aromatic carbocycles. The molecule has 0 radical (unpaired) electrons. The van der Waals surface area contributed by atoms with Crippen LogP contribution < -0.4 is 9.47 Å². The number of rotatable bonds is 15. The van der Waals surface area contributed by atoms with Gasteiger partial charge in [-0.3, -0.25) is 24.4 Å². The molecule has 0 aliphatic carbocycles. The highest BCUT2D eigenvalue weighted by Gasteiger charge is 2.43. The second kappa shape index (κ2) is 16.4. The third-order valence-electron chi connectivity index (χ3n) is 10.3. The number of aryl methyl sites for hydroxylation is 1. The molecule has 4 heterocycles. The molecular weight excluding hydrogens is 725 g/mol. The van der Waals surface area contributed by atoms with Gasteiger partial charge >= 0.3 is 11.8 Å². The van der Waals surface area contributed by atoms with Crippen LogP contribution in [-0.4, -0.2) is 73.1 Å². The van der Waals surface area contributed by atoms with Crippen molar-refractivity contribution >= 4 is 51.0 Å². The minimum Gasteiger partial charge on any atom is -0.344 e. The van der Waals surface area contributed by atoms with Crippen molar-refractivity contribution < 1.29 is 41.6 Å². The Hall–Kier alpha value is -4.99. The van der Waals surface area contributed by atoms with Gasteiger partial charge in [-0.15, -0.1) is 5.06 Å². The number of amides is 2. The molecule has 1 aromatic heterocycles. The van der Waals surface area contributed by atoms with E-state index in [0.29, 0.717) is 37.9 Å². The Morgan fingerprint density at radius 2 is 1.80 bits per heavy atom. The standard InChI is InChI=1S/C40H50N6O8S/c1-8-22-44-26-27(38(49)43(6)53-7)24-30-37(44)42-32(39(30,2)3)15-11-9-12-16-33-40(4,5)29-25-28(55(50,51)52)18-19-31(29)45(33)23-14-10-13-17-36(48)54-46-34(41)20-21-35(46)47/h9,11-12,15-16,18-19,24-26,41H,8,10,13-14,17,20-23H2,1-7H3/p+1. The number of pyridine rings is 1. The molecular formula is C40H51N6O8S+. The van der Waals surface area contributed by atoms with Gasteiger partial charge in [0.25, 0.3) is 21.9 Å². The number of amidine groups is 1. The molecule has 5 rings (SSSR count). The van der Waals surface area contributed by atoms with Crippen molar-refractivity contribution in [2.45, 2.75) is 102 Å². The number of benzene rings is 1. The van der Waals surface area contributed by atoms with Crippen molar-refractivity contribution in [1.29, 1.82) is 5.41 Å². The number of allylic oxidation sites excluding steroid dienone is 6. The van der Waals surface area contributed by atoms with Crippen LogP contribution in [0.5, 0.6) is 0 Å². The highest BCUT2D eigenvalue weighted by atomic mass is 32.2. The molecule has 14 nitrogen and oxygen atoms in total. The van der Waals surface area contributed by atoms with Crippen LogP contribution in [0.2, 0.25) is 0 Å². The van der Waals surface area contributed by atoms with Gasteiger partial charge in [0, 0.05) is 49.7 Å². The number of carbonyl (C=O) groups excluding carboxylic acids is 3. The van der Waals surface area contributed by atoms with E-state index in [4.69, 9.17) is 20.1 Å². The zero-order valence-electron chi connectivity index (χ0n) is 32.6. The summed E-state index contributed by atoms with van der Waals surface area (Å²) in [5.41, 5.74) is 3.74. The third kappa shape index (κ3) is 8.63. The molecule has 0 spiro atoms. The topological polar surface area (TPSA) is 174 Å². The fourth-order valence-electron chi connectivity index (χ4n) is 7.12. The molecule has 55 heavy (non-hydrogen) atoms. The number of carbonyl (C=O) groups is 3. The molecule has 0 bridgehead atoms. The summed E-state index contributed by atoms with van der Waals surface area (Å²) >= 11 is 0. The van der Waals surface area contributed by atoms with E-state index in [1.165, 1.54) is 24.3 Å². The van der Waals surface area contributed by atoms with Gasteiger partial charge in [0.2, 0.25) is 0 Å². The predicted octanol–water partition coefficient (Wildman–Crippen LogP) is 6.04. The van der Waals surface area contributed by atoms with E-state index in [1.807, 2.05) is 61.1 Å². The van der Waals surface area contributed by atoms with Crippen LogP contribution in [0.25, 0.3) is 0 Å². The van der Waals surface area contributed by atoms with Crippen molar-refractivity contribution in [3.8, 4) is 0 Å². The number of hydroxylamine groups is 4. The van der Waals surface area contributed by atoms with Gasteiger partial charge in [-0.05, 0) is 80.1 Å². The zero-order chi connectivity index (χ0) is 40.3. The van der Waals surface area contributed by atoms with E-state index in [0.717, 1.165) is 45.5 Å². The molecule has 2 aromatic rings. The number of hydrogen-bond donors (Lipinski definition) is 2. The van der Waals surface area contributed by atoms with Crippen molar-refractivity contribution in [2.24, 2.45) is 4.99 Å². The number of hydrogen-bond acceptors (Lipinski definition) is 10. The molecule has 3 aliphatic heterocycles. The molecule has 2 N–H and O–H groups in total. The highest BCUT2D eigenvalue weighted by Crippen LogP contribution is 2.48. The largest absolute Gasteiger partial charge is 0.344 e. The molecule has 15 heteroatoms. The van der Waals surface area contributed by atoms with Gasteiger partial charge < -0.3 is 9.74 Å². The quantitative estimate of drug-likeness (QED) is 0.0719. The molecule has 294 valence electrons. The summed E-state index contributed by atoms with van der Waals surface area (Å²) in [5, 5.41) is 9.75. The summed E-state index contributed by atoms with van der Waals surface area (Å²) in [6.07, 6.45) is 14.8. The molecule has 2 amide bonds. The summed E-state index contributed by atoms with van der Waals surface area (Å²) in [7, 11) is -1.38. The minimum atomic E-state index is -4.42. The van der Waals surface area contributed by atoms with E-state index in [1.54, 1.807) is 13.1 Å². The minimum absolute atomic E-state index is 0.0175. The van der Waals surface area contributed by atoms with Crippen molar-refractivity contribution in [3.63, 3.8) is 0 Å². The maximum Gasteiger partial charge on any atom is 0.333 e. The van der Waals surface area contributed by atoms with E-state index < -0.39 is 32.8 Å². The van der Waals surface area contributed by atoms with E-state index in [2.05, 4.69) is 25.7 Å². The van der Waals surface area contributed by atoms with Crippen LogP contribution in [0.4, 0.5) is 11.5 Å². The van der Waals surface area contributed by atoms with Gasteiger partial charge in [0.15, 0.2) is 5.71 Å². The van der Waals surface area contributed by atoms with Crippen LogP contribution in [0.3, 0.4) is 0 Å². The predicted molar refractivity (Wildman–Crippen MR) is 208 cm³/mol. The lowest BCUT2D eigenvalue weighted by Gasteiger charge is -2.27. The molecule has 3 aliphatic rings. The maximum absolute atomic E-state index is 13.0. The van der Waals surface area contributed by atoms with Gasteiger partial charge in [-0.1, -0.05) is 45.4 Å². The molecule has 1 saturated heterocycles. The Bertz CT molecular complexity index is 2100. The smallest absolute Gasteiger partial charge is 0.333 e. The zero-order valence-corrected chi connectivity index (χ0v) is 33.4. The van der Waals surface area contributed by atoms with E-state index >= 15 is 0 Å². The normalized spacial score (nSPS) is 18.1. The summed E-state index contributed by atoms with van der Waals surface area (Å²) in [6, 6.07) is 6.51. The Labute approximate surface area is 323 Å². The van der Waals surface area contributed by atoms with Crippen molar-refractivity contribution in [2.75, 3.05) is 25.6 Å². The number of aromatic nitrogens is 1. The first-order valence-electron chi connectivity index (χ1n) is 18.5. The monoisotopic (exact) mass is 775 g/mol. The SMILES string of the molecule is CCC[n+]1cc(C(=O)N(C)OC)cc2c1N=C(/C=C/C=C/C=C1/N(CCCCCC(=O)ON3C(=N)CCC3=O)c3ccc(S(=O)(=O)O)cc3C1(C)C)C2(C)C. The first-order valence-corrected chi connectivity index (χ1v) is 19.9. The average molecular weight is 776 g/mol. The Kier molecular flexibility index (Phi) is 12.3. The first-order chi connectivity index (χ1) is 25.9. The lowest BCUT2D eigenvalue weighted by atomic mass is 9.81. The molecule has 0 saturated carbocycles. The molecule has 1 fully saturated rings. The highest BCUT2D eigenvalue weighted by molar-refractivity contribution is 7.85. The number of aliphatic imine (C=N–C) groups is 1. The number of nitrogens with zero attached hydrogens (tertiary/aromatic N) is 5. The summed E-state index contributed by atoms with van der Waals surface area (Å²) < 4.78 is 36.0. The molecule has 0 unspecified atom stereocenters. The first kappa shape index (κ1) is 41.2. The fourth-order valence-corrected chi connectivity index (χ4v) is 7.62. The van der Waals surface area contributed by atoms with Crippen molar-refractivity contribution in [3.05, 3.63) is 83.2 Å². The van der Waals surface area contributed by atoms with E-state index in [-0.39, 0.29) is 35.9 Å². The lowest BCUT2D eigenvalue weighted by Crippen LogP contribution is -2.38. The van der Waals surface area contributed by atoms with Crippen LogP contribution in [-0.2, 0) is 46.8 Å². The van der Waals surface area contributed by atoms with Crippen molar-refractivity contribution in [1.82, 2.24) is 10.1 Å². The maximum atomic E-state index is 13.0. The van der Waals surface area contributed by atoms with Crippen LogP contribution in [0.1, 0.15) is 101 Å². The Morgan fingerprint density at radius 3 is 2.45 bits per heavy atom. The van der Waals surface area contributed by atoms with Gasteiger partial charge in [0.1, 0.15) is 12.0 Å². The Balaban J connectivity index is 1.33. The number of fused-ring (bicyclic) bond motifs is 2. The van der Waals surface area contributed by atoms with Gasteiger partial charge in [-0.2, -0.15) is 8.42 Å². The van der Waals surface area contributed by atoms with Crippen LogP contribution in [0, 0.1) is 5.41 Å². The second-order valence-electron chi connectivity index (χ2n) is 14.9. The van der Waals surface area contributed by atoms with Gasteiger partial charge in [0.05, 0.1) is 35.1 Å². The second-order valence-corrected chi connectivity index (χ2v) is 16.3. The lowest BCUT2D eigenvalue weighted by molar-refractivity contribution is -0.684. The van der Waals surface area contributed by atoms with Crippen LogP contribution in [0.15, 0.2) is 76.4 Å². The Morgan fingerprint density at radius 1 is 1.05 bits per heavy atom.